The average molecular weight is 392 g/mol. The molecule has 2 aromatic carbocycles. The van der Waals surface area contributed by atoms with E-state index in [1.807, 2.05) is 31.2 Å². The summed E-state index contributed by atoms with van der Waals surface area (Å²) in [6.07, 6.45) is 1.47. The predicted molar refractivity (Wildman–Crippen MR) is 108 cm³/mol. The monoisotopic (exact) mass is 392 g/mol. The fourth-order valence-corrected chi connectivity index (χ4v) is 2.52. The molecule has 0 spiro atoms. The quantitative estimate of drug-likeness (QED) is 0.365. The predicted octanol–water partition coefficient (Wildman–Crippen LogP) is 3.03. The van der Waals surface area contributed by atoms with Crippen molar-refractivity contribution in [2.45, 2.75) is 6.92 Å². The number of ether oxygens (including phenoxy) is 2. The molecule has 0 unspecified atom stereocenters. The van der Waals surface area contributed by atoms with Crippen molar-refractivity contribution in [3.63, 3.8) is 0 Å². The number of methoxy groups -OCH3 is 1. The molecule has 0 atom stereocenters. The second-order valence-corrected chi connectivity index (χ2v) is 5.94. The van der Waals surface area contributed by atoms with Crippen LogP contribution in [-0.4, -0.2) is 42.0 Å². The third-order valence-corrected chi connectivity index (χ3v) is 4.00. The summed E-state index contributed by atoms with van der Waals surface area (Å²) in [6.45, 7) is 2.52. The molecule has 0 saturated heterocycles. The summed E-state index contributed by atoms with van der Waals surface area (Å²) >= 11 is 0. The zero-order valence-electron chi connectivity index (χ0n) is 16.0. The van der Waals surface area contributed by atoms with Crippen molar-refractivity contribution in [3.8, 4) is 17.0 Å². The number of esters is 1. The maximum absolute atomic E-state index is 12.2. The van der Waals surface area contributed by atoms with Gasteiger partial charge in [-0.25, -0.2) is 10.2 Å². The number of hydrogen-bond donors (Lipinski definition) is 2. The molecular formula is C21H20N4O4. The van der Waals surface area contributed by atoms with E-state index in [-0.39, 0.29) is 5.69 Å². The second-order valence-electron chi connectivity index (χ2n) is 5.94. The van der Waals surface area contributed by atoms with Gasteiger partial charge in [0.25, 0.3) is 5.91 Å². The fourth-order valence-electron chi connectivity index (χ4n) is 2.52. The molecule has 8 heteroatoms. The van der Waals surface area contributed by atoms with Gasteiger partial charge in [-0.15, -0.1) is 0 Å². The molecule has 3 aromatic rings. The number of rotatable bonds is 7. The topological polar surface area (TPSA) is 106 Å². The molecule has 0 aliphatic carbocycles. The van der Waals surface area contributed by atoms with Crippen LogP contribution in [0.4, 0.5) is 0 Å². The lowest BCUT2D eigenvalue weighted by atomic mass is 10.1. The molecule has 2 N–H and O–H groups in total. The van der Waals surface area contributed by atoms with Gasteiger partial charge < -0.3 is 9.47 Å². The summed E-state index contributed by atoms with van der Waals surface area (Å²) in [7, 11) is 1.32. The average Bonchev–Trinajstić information content (AvgIpc) is 3.25. The van der Waals surface area contributed by atoms with E-state index in [9.17, 15) is 9.59 Å². The SMILES string of the molecule is CCOc1ccc(-c2cc(C(=O)N/N=C\c3ccc(C(=O)OC)cc3)[nH]n2)cc1. The number of hydrazone groups is 1. The number of carbonyl (C=O) groups excluding carboxylic acids is 2. The summed E-state index contributed by atoms with van der Waals surface area (Å²) in [4.78, 5) is 23.6. The summed E-state index contributed by atoms with van der Waals surface area (Å²) in [6, 6.07) is 15.7. The lowest BCUT2D eigenvalue weighted by molar-refractivity contribution is 0.0600. The van der Waals surface area contributed by atoms with Crippen molar-refractivity contribution in [2.24, 2.45) is 5.10 Å². The highest BCUT2D eigenvalue weighted by atomic mass is 16.5. The molecule has 3 rings (SSSR count). The number of amides is 1. The first kappa shape index (κ1) is 19.8. The van der Waals surface area contributed by atoms with Crippen molar-refractivity contribution in [1.29, 1.82) is 0 Å². The lowest BCUT2D eigenvalue weighted by Gasteiger charge is -2.02. The van der Waals surface area contributed by atoms with Gasteiger partial charge in [-0.05, 0) is 55.0 Å². The molecule has 0 aliphatic heterocycles. The van der Waals surface area contributed by atoms with Crippen molar-refractivity contribution in [2.75, 3.05) is 13.7 Å². The first-order valence-electron chi connectivity index (χ1n) is 8.91. The molecule has 29 heavy (non-hydrogen) atoms. The molecule has 0 saturated carbocycles. The number of H-pyrrole nitrogens is 1. The van der Waals surface area contributed by atoms with Gasteiger partial charge in [0, 0.05) is 5.56 Å². The van der Waals surface area contributed by atoms with Gasteiger partial charge in [-0.3, -0.25) is 9.89 Å². The number of hydrogen-bond acceptors (Lipinski definition) is 6. The Kier molecular flexibility index (Phi) is 6.36. The van der Waals surface area contributed by atoms with Crippen LogP contribution in [0.5, 0.6) is 5.75 Å². The normalized spacial score (nSPS) is 10.7. The van der Waals surface area contributed by atoms with Crippen LogP contribution in [0.25, 0.3) is 11.3 Å². The Hall–Kier alpha value is -3.94. The van der Waals surface area contributed by atoms with Crippen molar-refractivity contribution in [3.05, 3.63) is 71.4 Å². The maximum atomic E-state index is 12.2. The first-order chi connectivity index (χ1) is 14.1. The standard InChI is InChI=1S/C21H20N4O4/c1-3-29-17-10-8-15(9-11-17)18-12-19(24-23-18)20(26)25-22-13-14-4-6-16(7-5-14)21(27)28-2/h4-13H,3H2,1-2H3,(H,23,24)(H,25,26)/b22-13-. The molecular weight excluding hydrogens is 372 g/mol. The zero-order chi connectivity index (χ0) is 20.6. The maximum Gasteiger partial charge on any atom is 0.337 e. The van der Waals surface area contributed by atoms with Crippen LogP contribution in [0.15, 0.2) is 59.7 Å². The van der Waals surface area contributed by atoms with E-state index in [0.29, 0.717) is 17.9 Å². The van der Waals surface area contributed by atoms with Crippen molar-refractivity contribution < 1.29 is 19.1 Å². The lowest BCUT2D eigenvalue weighted by Crippen LogP contribution is -2.18. The van der Waals surface area contributed by atoms with Crippen LogP contribution < -0.4 is 10.2 Å². The minimum atomic E-state index is -0.419. The molecule has 8 nitrogen and oxygen atoms in total. The van der Waals surface area contributed by atoms with Crippen LogP contribution in [0, 0.1) is 0 Å². The zero-order valence-corrected chi connectivity index (χ0v) is 16.0. The second kappa shape index (κ2) is 9.32. The van der Waals surface area contributed by atoms with E-state index >= 15 is 0 Å². The minimum Gasteiger partial charge on any atom is -0.494 e. The summed E-state index contributed by atoms with van der Waals surface area (Å²) < 4.78 is 10.1. The van der Waals surface area contributed by atoms with E-state index in [1.165, 1.54) is 13.3 Å². The third-order valence-electron chi connectivity index (χ3n) is 4.00. The third kappa shape index (κ3) is 5.07. The van der Waals surface area contributed by atoms with E-state index in [0.717, 1.165) is 16.9 Å². The summed E-state index contributed by atoms with van der Waals surface area (Å²) in [5.41, 5.74) is 5.38. The number of nitrogens with one attached hydrogen (secondary N) is 2. The van der Waals surface area contributed by atoms with Crippen LogP contribution in [0.3, 0.4) is 0 Å². The fraction of sp³-hybridized carbons (Fsp3) is 0.143. The van der Waals surface area contributed by atoms with Gasteiger partial charge in [0.2, 0.25) is 0 Å². The van der Waals surface area contributed by atoms with E-state index in [1.54, 1.807) is 30.3 Å². The summed E-state index contributed by atoms with van der Waals surface area (Å²) in [5.74, 6) is -0.0554. The number of aromatic amines is 1. The number of benzene rings is 2. The van der Waals surface area contributed by atoms with E-state index < -0.39 is 11.9 Å². The number of nitrogens with zero attached hydrogens (tertiary/aromatic N) is 2. The Morgan fingerprint density at radius 1 is 1.14 bits per heavy atom. The molecule has 0 aliphatic rings. The smallest absolute Gasteiger partial charge is 0.337 e. The molecule has 148 valence electrons. The van der Waals surface area contributed by atoms with Crippen LogP contribution in [-0.2, 0) is 4.74 Å². The van der Waals surface area contributed by atoms with Crippen molar-refractivity contribution >= 4 is 18.1 Å². The van der Waals surface area contributed by atoms with Gasteiger partial charge in [0.1, 0.15) is 11.4 Å². The number of carbonyl (C=O) groups is 2. The molecule has 0 radical (unpaired) electrons. The van der Waals surface area contributed by atoms with Crippen LogP contribution >= 0.6 is 0 Å². The highest BCUT2D eigenvalue weighted by molar-refractivity contribution is 5.94. The van der Waals surface area contributed by atoms with Gasteiger partial charge in [-0.1, -0.05) is 12.1 Å². The Labute approximate surface area is 167 Å². The van der Waals surface area contributed by atoms with Gasteiger partial charge in [-0.2, -0.15) is 10.2 Å². The van der Waals surface area contributed by atoms with Gasteiger partial charge >= 0.3 is 5.97 Å². The van der Waals surface area contributed by atoms with E-state index in [4.69, 9.17) is 4.74 Å². The first-order valence-corrected chi connectivity index (χ1v) is 8.91. The Morgan fingerprint density at radius 2 is 1.86 bits per heavy atom. The van der Waals surface area contributed by atoms with E-state index in [2.05, 4.69) is 25.5 Å². The molecule has 0 bridgehead atoms. The largest absolute Gasteiger partial charge is 0.494 e. The van der Waals surface area contributed by atoms with Crippen LogP contribution in [0.2, 0.25) is 0 Å². The van der Waals surface area contributed by atoms with Gasteiger partial charge in [0.15, 0.2) is 0 Å². The highest BCUT2D eigenvalue weighted by Gasteiger charge is 2.10. The molecule has 0 fully saturated rings. The van der Waals surface area contributed by atoms with Crippen molar-refractivity contribution in [1.82, 2.24) is 15.6 Å². The Balaban J connectivity index is 1.60. The van der Waals surface area contributed by atoms with Crippen LogP contribution in [0.1, 0.15) is 33.3 Å². The molecule has 1 amide bonds. The minimum absolute atomic E-state index is 0.284. The number of aromatic nitrogens is 2. The van der Waals surface area contributed by atoms with Gasteiger partial charge in [0.05, 0.1) is 31.2 Å². The Bertz CT molecular complexity index is 1010. The summed E-state index contributed by atoms with van der Waals surface area (Å²) in [5, 5.41) is 10.8. The highest BCUT2D eigenvalue weighted by Crippen LogP contribution is 2.21. The Morgan fingerprint density at radius 3 is 2.52 bits per heavy atom. The molecule has 1 heterocycles. The molecule has 1 aromatic heterocycles.